The Morgan fingerprint density at radius 1 is 1.03 bits per heavy atom. The molecule has 0 heterocycles. The Bertz CT molecular complexity index is 762. The average molecular weight is 413 g/mol. The van der Waals surface area contributed by atoms with Crippen LogP contribution in [0.15, 0.2) is 54.6 Å². The van der Waals surface area contributed by atoms with Gasteiger partial charge in [-0.05, 0) is 31.4 Å². The molecule has 2 amide bonds. The summed E-state index contributed by atoms with van der Waals surface area (Å²) >= 11 is 1.59. The van der Waals surface area contributed by atoms with Gasteiger partial charge in [-0.2, -0.15) is 0 Å². The smallest absolute Gasteiger partial charge is 0.242 e. The second-order valence-corrected chi connectivity index (χ2v) is 8.29. The van der Waals surface area contributed by atoms with Gasteiger partial charge >= 0.3 is 0 Å². The molecule has 5 heteroatoms. The van der Waals surface area contributed by atoms with Crippen LogP contribution in [-0.4, -0.2) is 35.1 Å². The highest BCUT2D eigenvalue weighted by molar-refractivity contribution is 7.99. The minimum absolute atomic E-state index is 0.0101. The Balaban J connectivity index is 1.99. The molecule has 2 aromatic rings. The highest BCUT2D eigenvalue weighted by Crippen LogP contribution is 2.16. The highest BCUT2D eigenvalue weighted by atomic mass is 32.2. The molecule has 0 saturated carbocycles. The van der Waals surface area contributed by atoms with E-state index in [-0.39, 0.29) is 11.8 Å². The van der Waals surface area contributed by atoms with Crippen LogP contribution in [0.3, 0.4) is 0 Å². The topological polar surface area (TPSA) is 49.4 Å². The molecule has 0 aliphatic rings. The molecular weight excluding hydrogens is 380 g/mol. The van der Waals surface area contributed by atoms with Crippen molar-refractivity contribution in [2.45, 2.75) is 52.0 Å². The molecule has 0 aromatic heterocycles. The normalized spacial score (nSPS) is 11.7. The molecule has 0 saturated heterocycles. The summed E-state index contributed by atoms with van der Waals surface area (Å²) in [6, 6.07) is 17.7. The summed E-state index contributed by atoms with van der Waals surface area (Å²) < 4.78 is 0. The van der Waals surface area contributed by atoms with E-state index in [1.165, 1.54) is 11.1 Å². The standard InChI is InChI=1S/C24H32N2O2S/c1-4-5-15-25-24(28)20(3)26(16-21-9-7-6-8-10-21)23(27)18-29-17-22-13-11-19(2)12-14-22/h6-14,20H,4-5,15-18H2,1-3H3,(H,25,28). The SMILES string of the molecule is CCCCNC(=O)C(C)N(Cc1ccccc1)C(=O)CSCc1ccc(C)cc1. The van der Waals surface area contributed by atoms with Gasteiger partial charge in [0.05, 0.1) is 5.75 Å². The first-order valence-corrected chi connectivity index (χ1v) is 11.4. The summed E-state index contributed by atoms with van der Waals surface area (Å²) in [4.78, 5) is 27.3. The number of hydrogen-bond donors (Lipinski definition) is 1. The zero-order valence-electron chi connectivity index (χ0n) is 17.7. The van der Waals surface area contributed by atoms with Crippen LogP contribution in [0.2, 0.25) is 0 Å². The van der Waals surface area contributed by atoms with Gasteiger partial charge in [-0.25, -0.2) is 0 Å². The molecule has 2 rings (SSSR count). The fourth-order valence-electron chi connectivity index (χ4n) is 2.92. The Labute approximate surface area is 179 Å². The molecule has 1 N–H and O–H groups in total. The van der Waals surface area contributed by atoms with Crippen molar-refractivity contribution in [3.8, 4) is 0 Å². The van der Waals surface area contributed by atoms with Crippen molar-refractivity contribution in [2.75, 3.05) is 12.3 Å². The predicted octanol–water partition coefficient (Wildman–Crippen LogP) is 4.56. The minimum atomic E-state index is -0.500. The number of amides is 2. The molecule has 1 unspecified atom stereocenters. The lowest BCUT2D eigenvalue weighted by atomic mass is 10.1. The van der Waals surface area contributed by atoms with Gasteiger partial charge in [0.2, 0.25) is 11.8 Å². The van der Waals surface area contributed by atoms with Gasteiger partial charge < -0.3 is 10.2 Å². The number of aryl methyl sites for hydroxylation is 1. The summed E-state index contributed by atoms with van der Waals surface area (Å²) in [6.45, 7) is 7.05. The monoisotopic (exact) mass is 412 g/mol. The molecule has 4 nitrogen and oxygen atoms in total. The first kappa shape index (κ1) is 23.0. The average Bonchev–Trinajstić information content (AvgIpc) is 2.73. The van der Waals surface area contributed by atoms with E-state index in [9.17, 15) is 9.59 Å². The van der Waals surface area contributed by atoms with E-state index < -0.39 is 6.04 Å². The van der Waals surface area contributed by atoms with Gasteiger partial charge in [-0.3, -0.25) is 9.59 Å². The lowest BCUT2D eigenvalue weighted by molar-refractivity contribution is -0.138. The van der Waals surface area contributed by atoms with Gasteiger partial charge in [-0.1, -0.05) is 73.5 Å². The summed E-state index contributed by atoms with van der Waals surface area (Å²) in [6.07, 6.45) is 1.97. The number of rotatable bonds is 11. The fourth-order valence-corrected chi connectivity index (χ4v) is 3.79. The van der Waals surface area contributed by atoms with Crippen LogP contribution < -0.4 is 5.32 Å². The predicted molar refractivity (Wildman–Crippen MR) is 122 cm³/mol. The molecule has 0 radical (unpaired) electrons. The van der Waals surface area contributed by atoms with E-state index >= 15 is 0 Å². The van der Waals surface area contributed by atoms with Gasteiger partial charge in [-0.15, -0.1) is 11.8 Å². The lowest BCUT2D eigenvalue weighted by Crippen LogP contribution is -2.48. The van der Waals surface area contributed by atoms with E-state index in [1.54, 1.807) is 16.7 Å². The number of nitrogens with one attached hydrogen (secondary N) is 1. The lowest BCUT2D eigenvalue weighted by Gasteiger charge is -2.28. The number of benzene rings is 2. The Hall–Kier alpha value is -2.27. The molecule has 0 bridgehead atoms. The van der Waals surface area contributed by atoms with Gasteiger partial charge in [0, 0.05) is 18.8 Å². The van der Waals surface area contributed by atoms with Crippen molar-refractivity contribution in [1.29, 1.82) is 0 Å². The molecule has 0 fully saturated rings. The first-order valence-electron chi connectivity index (χ1n) is 10.3. The zero-order valence-corrected chi connectivity index (χ0v) is 18.5. The van der Waals surface area contributed by atoms with Crippen LogP contribution in [0.5, 0.6) is 0 Å². The van der Waals surface area contributed by atoms with Crippen LogP contribution in [0.4, 0.5) is 0 Å². The summed E-state index contributed by atoms with van der Waals surface area (Å²) in [7, 11) is 0. The molecule has 0 aliphatic heterocycles. The Morgan fingerprint density at radius 2 is 1.72 bits per heavy atom. The van der Waals surface area contributed by atoms with Crippen LogP contribution in [0.25, 0.3) is 0 Å². The maximum absolute atomic E-state index is 13.0. The zero-order chi connectivity index (χ0) is 21.1. The molecule has 29 heavy (non-hydrogen) atoms. The van der Waals surface area contributed by atoms with Crippen molar-refractivity contribution in [3.63, 3.8) is 0 Å². The summed E-state index contributed by atoms with van der Waals surface area (Å²) in [5.41, 5.74) is 3.46. The van der Waals surface area contributed by atoms with Crippen molar-refractivity contribution in [1.82, 2.24) is 10.2 Å². The fraction of sp³-hybridized carbons (Fsp3) is 0.417. The Kier molecular flexibility index (Phi) is 9.78. The molecule has 0 spiro atoms. The van der Waals surface area contributed by atoms with Crippen molar-refractivity contribution < 1.29 is 9.59 Å². The summed E-state index contributed by atoms with van der Waals surface area (Å²) in [5.74, 6) is 1.03. The molecule has 2 aromatic carbocycles. The van der Waals surface area contributed by atoms with Gasteiger partial charge in [0.25, 0.3) is 0 Å². The van der Waals surface area contributed by atoms with Crippen molar-refractivity contribution in [2.24, 2.45) is 0 Å². The maximum Gasteiger partial charge on any atom is 0.242 e. The van der Waals surface area contributed by atoms with Crippen molar-refractivity contribution in [3.05, 3.63) is 71.3 Å². The molecule has 156 valence electrons. The number of unbranched alkanes of at least 4 members (excludes halogenated alkanes) is 1. The van der Waals surface area contributed by atoms with E-state index in [0.29, 0.717) is 18.8 Å². The van der Waals surface area contributed by atoms with Gasteiger partial charge in [0.15, 0.2) is 0 Å². The first-order chi connectivity index (χ1) is 14.0. The summed E-state index contributed by atoms with van der Waals surface area (Å²) in [5, 5.41) is 2.95. The van der Waals surface area contributed by atoms with E-state index in [1.807, 2.05) is 37.3 Å². The third-order valence-corrected chi connectivity index (χ3v) is 5.80. The van der Waals surface area contributed by atoms with Crippen molar-refractivity contribution >= 4 is 23.6 Å². The van der Waals surface area contributed by atoms with E-state index in [0.717, 1.165) is 24.2 Å². The molecular formula is C24H32N2O2S. The van der Waals surface area contributed by atoms with Gasteiger partial charge in [0.1, 0.15) is 6.04 Å². The van der Waals surface area contributed by atoms with Crippen LogP contribution in [-0.2, 0) is 21.9 Å². The number of hydrogen-bond acceptors (Lipinski definition) is 3. The second kappa shape index (κ2) is 12.3. The number of carbonyl (C=O) groups is 2. The van der Waals surface area contributed by atoms with Crippen LogP contribution in [0, 0.1) is 6.92 Å². The number of carbonyl (C=O) groups excluding carboxylic acids is 2. The van der Waals surface area contributed by atoms with E-state index in [4.69, 9.17) is 0 Å². The van der Waals surface area contributed by atoms with Crippen LogP contribution >= 0.6 is 11.8 Å². The number of nitrogens with zero attached hydrogens (tertiary/aromatic N) is 1. The number of thioether (sulfide) groups is 1. The quantitative estimate of drug-likeness (QED) is 0.550. The third-order valence-electron chi connectivity index (χ3n) is 4.81. The highest BCUT2D eigenvalue weighted by Gasteiger charge is 2.25. The third kappa shape index (κ3) is 7.94. The molecule has 0 aliphatic carbocycles. The largest absolute Gasteiger partial charge is 0.354 e. The Morgan fingerprint density at radius 3 is 2.38 bits per heavy atom. The van der Waals surface area contributed by atoms with E-state index in [2.05, 4.69) is 43.4 Å². The maximum atomic E-state index is 13.0. The molecule has 1 atom stereocenters. The minimum Gasteiger partial charge on any atom is -0.354 e. The van der Waals surface area contributed by atoms with Crippen LogP contribution in [0.1, 0.15) is 43.4 Å². The second-order valence-electron chi connectivity index (χ2n) is 7.31.